The minimum atomic E-state index is -1.07. The number of aromatic amines is 1. The van der Waals surface area contributed by atoms with Crippen LogP contribution in [0.1, 0.15) is 15.9 Å². The van der Waals surface area contributed by atoms with E-state index in [4.69, 9.17) is 5.11 Å². The number of nitrogens with zero attached hydrogens (tertiary/aromatic N) is 1. The topological polar surface area (TPSA) is 92.2 Å². The van der Waals surface area contributed by atoms with Crippen LogP contribution in [-0.2, 0) is 6.54 Å². The quantitative estimate of drug-likeness (QED) is 0.813. The lowest BCUT2D eigenvalue weighted by Gasteiger charge is -2.07. The molecule has 0 saturated carbocycles. The summed E-state index contributed by atoms with van der Waals surface area (Å²) >= 11 is 0. The van der Waals surface area contributed by atoms with Crippen LogP contribution in [0.2, 0.25) is 0 Å². The highest BCUT2D eigenvalue weighted by molar-refractivity contribution is 5.89. The van der Waals surface area contributed by atoms with E-state index in [1.165, 1.54) is 6.07 Å². The number of hydrogen-bond acceptors (Lipinski definition) is 3. The van der Waals surface area contributed by atoms with Crippen molar-refractivity contribution in [3.8, 4) is 0 Å². The molecule has 0 aliphatic rings. The Hall–Kier alpha value is -2.63. The van der Waals surface area contributed by atoms with Gasteiger partial charge in [0.15, 0.2) is 0 Å². The van der Waals surface area contributed by atoms with Gasteiger partial charge in [0.05, 0.1) is 12.1 Å². The Labute approximate surface area is 101 Å². The number of hydrogen-bond donors (Lipinski definition) is 2. The highest BCUT2D eigenvalue weighted by Crippen LogP contribution is 2.09. The van der Waals surface area contributed by atoms with Crippen LogP contribution in [0.3, 0.4) is 0 Å². The zero-order valence-corrected chi connectivity index (χ0v) is 9.29. The van der Waals surface area contributed by atoms with Crippen LogP contribution >= 0.6 is 0 Å². The van der Waals surface area contributed by atoms with Gasteiger partial charge in [0.1, 0.15) is 0 Å². The molecule has 0 radical (unpaired) electrons. The van der Waals surface area contributed by atoms with Gasteiger partial charge in [-0.05, 0) is 11.6 Å². The monoisotopic (exact) mass is 246 g/mol. The molecule has 0 aliphatic heterocycles. The van der Waals surface area contributed by atoms with Crippen LogP contribution in [0.4, 0.5) is 0 Å². The zero-order chi connectivity index (χ0) is 13.1. The summed E-state index contributed by atoms with van der Waals surface area (Å²) in [5.41, 5.74) is -0.250. The molecule has 1 heterocycles. The summed E-state index contributed by atoms with van der Waals surface area (Å²) in [5.74, 6) is -1.07. The van der Waals surface area contributed by atoms with Crippen LogP contribution in [0, 0.1) is 0 Å². The van der Waals surface area contributed by atoms with Crippen molar-refractivity contribution in [1.29, 1.82) is 0 Å². The molecule has 2 rings (SSSR count). The third-order valence-electron chi connectivity index (χ3n) is 2.46. The summed E-state index contributed by atoms with van der Waals surface area (Å²) < 4.78 is 1.07. The molecule has 6 heteroatoms. The van der Waals surface area contributed by atoms with Gasteiger partial charge in [0, 0.05) is 12.1 Å². The fraction of sp³-hybridized carbons (Fsp3) is 0.0833. The molecule has 0 spiro atoms. The van der Waals surface area contributed by atoms with Gasteiger partial charge in [0.25, 0.3) is 11.1 Å². The Morgan fingerprint density at radius 3 is 2.61 bits per heavy atom. The Balaban J connectivity index is 2.46. The summed E-state index contributed by atoms with van der Waals surface area (Å²) in [7, 11) is 0. The molecule has 0 unspecified atom stereocenters. The van der Waals surface area contributed by atoms with Gasteiger partial charge in [-0.15, -0.1) is 0 Å². The number of aromatic carboxylic acids is 1. The van der Waals surface area contributed by atoms with Crippen molar-refractivity contribution in [2.24, 2.45) is 0 Å². The Morgan fingerprint density at radius 1 is 1.17 bits per heavy atom. The summed E-state index contributed by atoms with van der Waals surface area (Å²) in [6.07, 6.45) is 0. The van der Waals surface area contributed by atoms with E-state index >= 15 is 0 Å². The molecule has 18 heavy (non-hydrogen) atoms. The summed E-state index contributed by atoms with van der Waals surface area (Å²) in [5, 5.41) is 11.4. The van der Waals surface area contributed by atoms with Crippen molar-refractivity contribution in [3.63, 3.8) is 0 Å². The maximum absolute atomic E-state index is 11.5. The number of benzene rings is 1. The summed E-state index contributed by atoms with van der Waals surface area (Å²) in [4.78, 5) is 33.6. The largest absolute Gasteiger partial charge is 0.478 e. The molecule has 2 aromatic rings. The first-order valence-corrected chi connectivity index (χ1v) is 5.19. The highest BCUT2D eigenvalue weighted by Gasteiger charge is 2.09. The average Bonchev–Trinajstić information content (AvgIpc) is 2.34. The van der Waals surface area contributed by atoms with Gasteiger partial charge in [-0.2, -0.15) is 0 Å². The second-order valence-corrected chi connectivity index (χ2v) is 3.70. The van der Waals surface area contributed by atoms with Gasteiger partial charge in [-0.1, -0.05) is 18.2 Å². The molecule has 1 aromatic carbocycles. The number of carbonyl (C=O) groups is 1. The normalized spacial score (nSPS) is 10.2. The molecule has 0 bridgehead atoms. The first-order valence-electron chi connectivity index (χ1n) is 5.19. The minimum absolute atomic E-state index is 0.0113. The number of rotatable bonds is 3. The predicted octanol–water partition coefficient (Wildman–Crippen LogP) is 0.283. The van der Waals surface area contributed by atoms with Crippen molar-refractivity contribution in [2.45, 2.75) is 6.54 Å². The van der Waals surface area contributed by atoms with Crippen LogP contribution in [0.25, 0.3) is 0 Å². The average molecular weight is 246 g/mol. The van der Waals surface area contributed by atoms with Crippen molar-refractivity contribution in [2.75, 3.05) is 0 Å². The number of nitrogens with one attached hydrogen (secondary N) is 1. The number of carboxylic acids is 1. The first-order chi connectivity index (χ1) is 8.58. The fourth-order valence-electron chi connectivity index (χ4n) is 1.62. The molecule has 0 amide bonds. The third-order valence-corrected chi connectivity index (χ3v) is 2.46. The molecule has 2 N–H and O–H groups in total. The van der Waals surface area contributed by atoms with Crippen LogP contribution < -0.4 is 11.1 Å². The Morgan fingerprint density at radius 2 is 1.89 bits per heavy atom. The molecule has 92 valence electrons. The Bertz CT molecular complexity index is 699. The van der Waals surface area contributed by atoms with Crippen LogP contribution in [0.5, 0.6) is 0 Å². The maximum atomic E-state index is 11.5. The fourth-order valence-corrected chi connectivity index (χ4v) is 1.62. The summed E-state index contributed by atoms with van der Waals surface area (Å²) in [6.45, 7) is 0.0113. The lowest BCUT2D eigenvalue weighted by molar-refractivity contribution is 0.0695. The van der Waals surface area contributed by atoms with Gasteiger partial charge in [-0.3, -0.25) is 14.7 Å². The van der Waals surface area contributed by atoms with Crippen molar-refractivity contribution in [3.05, 3.63) is 68.2 Å². The molecule has 0 saturated heterocycles. The number of carboxylic acid groups (broad SMARTS) is 1. The maximum Gasteiger partial charge on any atom is 0.336 e. The SMILES string of the molecule is O=C(O)c1ccccc1Cn1[nH]c(=O)ccc1=O. The van der Waals surface area contributed by atoms with E-state index in [-0.39, 0.29) is 12.1 Å². The van der Waals surface area contributed by atoms with E-state index in [0.717, 1.165) is 16.8 Å². The van der Waals surface area contributed by atoms with Gasteiger partial charge < -0.3 is 5.11 Å². The molecule has 6 nitrogen and oxygen atoms in total. The van der Waals surface area contributed by atoms with Crippen molar-refractivity contribution in [1.82, 2.24) is 9.78 Å². The minimum Gasteiger partial charge on any atom is -0.478 e. The molecule has 0 fully saturated rings. The molecular formula is C12H10N2O4. The van der Waals surface area contributed by atoms with E-state index in [1.54, 1.807) is 18.2 Å². The molecular weight excluding hydrogens is 236 g/mol. The van der Waals surface area contributed by atoms with Crippen LogP contribution in [0.15, 0.2) is 46.0 Å². The van der Waals surface area contributed by atoms with E-state index in [9.17, 15) is 14.4 Å². The Kier molecular flexibility index (Phi) is 3.09. The van der Waals surface area contributed by atoms with E-state index in [0.29, 0.717) is 5.56 Å². The first kappa shape index (κ1) is 11.8. The molecule has 0 aliphatic carbocycles. The van der Waals surface area contributed by atoms with Gasteiger partial charge >= 0.3 is 5.97 Å². The highest BCUT2D eigenvalue weighted by atomic mass is 16.4. The molecule has 0 atom stereocenters. The van der Waals surface area contributed by atoms with E-state index < -0.39 is 17.1 Å². The van der Waals surface area contributed by atoms with Crippen molar-refractivity contribution >= 4 is 5.97 Å². The lowest BCUT2D eigenvalue weighted by atomic mass is 10.1. The van der Waals surface area contributed by atoms with Crippen LogP contribution in [-0.4, -0.2) is 20.9 Å². The zero-order valence-electron chi connectivity index (χ0n) is 9.29. The molecule has 1 aromatic heterocycles. The van der Waals surface area contributed by atoms with Gasteiger partial charge in [0.2, 0.25) is 0 Å². The second-order valence-electron chi connectivity index (χ2n) is 3.70. The lowest BCUT2D eigenvalue weighted by Crippen LogP contribution is -2.28. The van der Waals surface area contributed by atoms with Gasteiger partial charge in [-0.25, -0.2) is 9.48 Å². The smallest absolute Gasteiger partial charge is 0.336 e. The number of aromatic nitrogens is 2. The predicted molar refractivity (Wildman–Crippen MR) is 63.8 cm³/mol. The van der Waals surface area contributed by atoms with E-state index in [2.05, 4.69) is 5.10 Å². The summed E-state index contributed by atoms with van der Waals surface area (Å²) in [6, 6.07) is 8.59. The van der Waals surface area contributed by atoms with Crippen molar-refractivity contribution < 1.29 is 9.90 Å². The third kappa shape index (κ3) is 2.37. The number of H-pyrrole nitrogens is 1. The van der Waals surface area contributed by atoms with E-state index in [1.807, 2.05) is 0 Å². The second kappa shape index (κ2) is 4.70. The standard InChI is InChI=1S/C12H10N2O4/c15-10-5-6-11(16)14(13-10)7-8-3-1-2-4-9(8)12(17)18/h1-6H,7H2,(H,13,15)(H,17,18).